The van der Waals surface area contributed by atoms with E-state index < -0.39 is 68.4 Å². The number of esters is 1. The van der Waals surface area contributed by atoms with Crippen molar-refractivity contribution in [2.24, 2.45) is 5.73 Å². The van der Waals surface area contributed by atoms with E-state index in [-0.39, 0.29) is 6.61 Å². The van der Waals surface area contributed by atoms with E-state index in [1.807, 2.05) is 4.98 Å². The Balaban J connectivity index is 1.54. The topological polar surface area (TPSA) is 161 Å². The van der Waals surface area contributed by atoms with E-state index >= 15 is 4.39 Å². The number of halogens is 2. The molecule has 1 unspecified atom stereocenters. The molecule has 2 aliphatic heterocycles. The third kappa shape index (κ3) is 5.62. The number of benzene rings is 1. The fraction of sp³-hybridized carbons (Fsp3) is 0.476. The molecule has 4 rings (SSSR count). The van der Waals surface area contributed by atoms with Crippen LogP contribution in [0.25, 0.3) is 0 Å². The molecule has 2 aliphatic rings. The molecule has 0 amide bonds. The third-order valence-corrected chi connectivity index (χ3v) is 7.42. The Morgan fingerprint density at radius 1 is 1.39 bits per heavy atom. The highest BCUT2D eigenvalue weighted by Crippen LogP contribution is 2.57. The molecule has 0 aliphatic carbocycles. The molecule has 3 N–H and O–H groups in total. The van der Waals surface area contributed by atoms with E-state index in [4.69, 9.17) is 40.4 Å². The van der Waals surface area contributed by atoms with Crippen LogP contribution in [0.2, 0.25) is 5.02 Å². The molecule has 0 radical (unpaired) electrons. The van der Waals surface area contributed by atoms with Crippen LogP contribution in [0.1, 0.15) is 31.2 Å². The lowest BCUT2D eigenvalue weighted by Gasteiger charge is -2.30. The van der Waals surface area contributed by atoms with Crippen LogP contribution in [0.3, 0.4) is 0 Å². The van der Waals surface area contributed by atoms with Crippen LogP contribution in [-0.4, -0.2) is 53.2 Å². The maximum absolute atomic E-state index is 15.9. The Labute approximate surface area is 209 Å². The Morgan fingerprint density at radius 2 is 2.17 bits per heavy atom. The molecule has 2 aromatic rings. The normalized spacial score (nSPS) is 32.3. The van der Waals surface area contributed by atoms with Gasteiger partial charge in [0, 0.05) is 23.7 Å². The summed E-state index contributed by atoms with van der Waals surface area (Å²) in [5.41, 5.74) is 1.85. The van der Waals surface area contributed by atoms with Crippen LogP contribution in [-0.2, 0) is 32.4 Å². The van der Waals surface area contributed by atoms with Gasteiger partial charge in [-0.05, 0) is 24.6 Å². The molecule has 2 fully saturated rings. The largest absolute Gasteiger partial charge is 0.475 e. The highest BCUT2D eigenvalue weighted by molar-refractivity contribution is 7.48. The predicted molar refractivity (Wildman–Crippen MR) is 123 cm³/mol. The number of aromatic amines is 1. The standard InChI is InChI=1S/C21H24ClFN3O9P/c1-21(23)18(34-17(28)10-24)15(33-19(21)26-7-5-16(27)25-20(26)29)11-32-36(30)31-8-6-14(35-36)12-3-2-4-13(22)9-12/h2-5,7,9,14-15,18-19H,6,8,10-11,24H2,1H3,(H,25,27,29)/t14-,15+,18+,19+,21+,36?/m0/s1. The molecule has 6 atom stereocenters. The number of aromatic nitrogens is 2. The van der Waals surface area contributed by atoms with Gasteiger partial charge in [0.1, 0.15) is 6.10 Å². The first kappa shape index (κ1) is 26.7. The number of hydrogen-bond acceptors (Lipinski definition) is 10. The summed E-state index contributed by atoms with van der Waals surface area (Å²) in [5, 5.41) is 0.466. The molecule has 0 spiro atoms. The van der Waals surface area contributed by atoms with Gasteiger partial charge in [-0.1, -0.05) is 23.7 Å². The highest BCUT2D eigenvalue weighted by atomic mass is 35.5. The summed E-state index contributed by atoms with van der Waals surface area (Å²) in [5.74, 6) is -0.940. The summed E-state index contributed by atoms with van der Waals surface area (Å²) in [6, 6.07) is 7.80. The van der Waals surface area contributed by atoms with Gasteiger partial charge in [-0.2, -0.15) is 0 Å². The number of alkyl halides is 1. The molecule has 196 valence electrons. The Kier molecular flexibility index (Phi) is 7.81. The van der Waals surface area contributed by atoms with Gasteiger partial charge in [0.05, 0.1) is 25.9 Å². The molecule has 0 saturated carbocycles. The molecule has 3 heterocycles. The first-order chi connectivity index (χ1) is 17.0. The summed E-state index contributed by atoms with van der Waals surface area (Å²) < 4.78 is 57.0. The van der Waals surface area contributed by atoms with E-state index in [0.29, 0.717) is 17.0 Å². The molecule has 15 heteroatoms. The zero-order chi connectivity index (χ0) is 26.1. The van der Waals surface area contributed by atoms with Crippen molar-refractivity contribution in [2.45, 2.75) is 43.6 Å². The van der Waals surface area contributed by atoms with Crippen molar-refractivity contribution >= 4 is 25.4 Å². The number of nitrogens with zero attached hydrogens (tertiary/aromatic N) is 1. The van der Waals surface area contributed by atoms with E-state index in [0.717, 1.165) is 23.8 Å². The SMILES string of the molecule is C[C@@]1(F)[C@H](OC(=O)CN)[C@@H](COP2(=O)OCC[C@@H](c3cccc(Cl)c3)O2)O[C@H]1n1ccc(=O)[nH]c1=O. The van der Waals surface area contributed by atoms with Crippen LogP contribution in [0.15, 0.2) is 46.1 Å². The van der Waals surface area contributed by atoms with Crippen molar-refractivity contribution in [3.63, 3.8) is 0 Å². The number of ether oxygens (including phenoxy) is 2. The number of hydrogen-bond donors (Lipinski definition) is 2. The Morgan fingerprint density at radius 3 is 2.86 bits per heavy atom. The van der Waals surface area contributed by atoms with Crippen LogP contribution in [0.5, 0.6) is 0 Å². The molecule has 12 nitrogen and oxygen atoms in total. The minimum atomic E-state index is -4.15. The lowest BCUT2D eigenvalue weighted by atomic mass is 9.98. The number of carbonyl (C=O) groups is 1. The second-order valence-corrected chi connectivity index (χ2v) is 10.4. The molecule has 1 aromatic carbocycles. The van der Waals surface area contributed by atoms with Crippen molar-refractivity contribution in [1.82, 2.24) is 9.55 Å². The predicted octanol–water partition coefficient (Wildman–Crippen LogP) is 1.99. The first-order valence-corrected chi connectivity index (χ1v) is 12.7. The smallest absolute Gasteiger partial charge is 0.455 e. The molecule has 1 aromatic heterocycles. The number of rotatable bonds is 7. The average molecular weight is 548 g/mol. The molecule has 2 saturated heterocycles. The maximum Gasteiger partial charge on any atom is 0.475 e. The summed E-state index contributed by atoms with van der Waals surface area (Å²) in [6.45, 7) is -0.0397. The second-order valence-electron chi connectivity index (χ2n) is 8.32. The number of phosphoric acid groups is 1. The van der Waals surface area contributed by atoms with Crippen molar-refractivity contribution in [2.75, 3.05) is 19.8 Å². The monoisotopic (exact) mass is 547 g/mol. The first-order valence-electron chi connectivity index (χ1n) is 10.9. The van der Waals surface area contributed by atoms with Crippen LogP contribution in [0, 0.1) is 0 Å². The molecular formula is C21H24ClFN3O9P. The number of H-pyrrole nitrogens is 1. The fourth-order valence-corrected chi connectivity index (χ4v) is 5.60. The minimum absolute atomic E-state index is 0.0434. The van der Waals surface area contributed by atoms with Crippen LogP contribution in [0.4, 0.5) is 4.39 Å². The Hall–Kier alpha value is -2.38. The van der Waals surface area contributed by atoms with Gasteiger partial charge in [-0.15, -0.1) is 0 Å². The quantitative estimate of drug-likeness (QED) is 0.387. The van der Waals surface area contributed by atoms with Gasteiger partial charge in [-0.3, -0.25) is 32.7 Å². The lowest BCUT2D eigenvalue weighted by molar-refractivity contribution is -0.156. The van der Waals surface area contributed by atoms with Gasteiger partial charge in [0.15, 0.2) is 18.0 Å². The summed E-state index contributed by atoms with van der Waals surface area (Å²) in [6.07, 6.45) is -3.80. The van der Waals surface area contributed by atoms with Gasteiger partial charge < -0.3 is 15.2 Å². The van der Waals surface area contributed by atoms with E-state index in [1.165, 1.54) is 0 Å². The van der Waals surface area contributed by atoms with Crippen molar-refractivity contribution < 1.29 is 36.8 Å². The number of nitrogens with two attached hydrogens (primary N) is 1. The molecule has 0 bridgehead atoms. The lowest BCUT2D eigenvalue weighted by Crippen LogP contribution is -2.46. The minimum Gasteiger partial charge on any atom is -0.455 e. The number of carbonyl (C=O) groups excluding carboxylic acids is 1. The van der Waals surface area contributed by atoms with E-state index in [2.05, 4.69) is 0 Å². The third-order valence-electron chi connectivity index (χ3n) is 5.71. The van der Waals surface area contributed by atoms with Gasteiger partial charge in [0.2, 0.25) is 0 Å². The molecule has 36 heavy (non-hydrogen) atoms. The van der Waals surface area contributed by atoms with Gasteiger partial charge in [0.25, 0.3) is 5.56 Å². The summed E-state index contributed by atoms with van der Waals surface area (Å²) >= 11 is 6.03. The van der Waals surface area contributed by atoms with Crippen molar-refractivity contribution in [3.8, 4) is 0 Å². The van der Waals surface area contributed by atoms with Crippen molar-refractivity contribution in [3.05, 3.63) is 68.0 Å². The van der Waals surface area contributed by atoms with E-state index in [9.17, 15) is 18.9 Å². The zero-order valence-electron chi connectivity index (χ0n) is 19.0. The number of nitrogens with one attached hydrogen (secondary N) is 1. The van der Waals surface area contributed by atoms with Crippen molar-refractivity contribution in [1.29, 1.82) is 0 Å². The van der Waals surface area contributed by atoms with Crippen LogP contribution < -0.4 is 17.0 Å². The Bertz CT molecular complexity index is 1290. The number of phosphoric ester groups is 1. The summed E-state index contributed by atoms with van der Waals surface area (Å²) in [4.78, 5) is 37.6. The second kappa shape index (κ2) is 10.5. The highest BCUT2D eigenvalue weighted by Gasteiger charge is 2.58. The molecular weight excluding hydrogens is 524 g/mol. The average Bonchev–Trinajstić information content (AvgIpc) is 3.07. The fourth-order valence-electron chi connectivity index (χ4n) is 4.01. The van der Waals surface area contributed by atoms with E-state index in [1.54, 1.807) is 24.3 Å². The van der Waals surface area contributed by atoms with Crippen LogP contribution >= 0.6 is 19.4 Å². The summed E-state index contributed by atoms with van der Waals surface area (Å²) in [7, 11) is -4.15. The zero-order valence-corrected chi connectivity index (χ0v) is 20.7. The van der Waals surface area contributed by atoms with Gasteiger partial charge in [-0.25, -0.2) is 13.8 Å². The maximum atomic E-state index is 15.9. The van der Waals surface area contributed by atoms with Gasteiger partial charge >= 0.3 is 19.5 Å².